The first kappa shape index (κ1) is 22.8. The summed E-state index contributed by atoms with van der Waals surface area (Å²) in [5.41, 5.74) is 2.69. The summed E-state index contributed by atoms with van der Waals surface area (Å²) in [6, 6.07) is 13.0. The van der Waals surface area contributed by atoms with E-state index in [2.05, 4.69) is 12.0 Å². The lowest BCUT2D eigenvalue weighted by Crippen LogP contribution is -2.34. The van der Waals surface area contributed by atoms with E-state index >= 15 is 0 Å². The van der Waals surface area contributed by atoms with Crippen LogP contribution in [-0.2, 0) is 27.7 Å². The molecule has 0 amide bonds. The van der Waals surface area contributed by atoms with E-state index in [0.29, 0.717) is 23.0 Å². The van der Waals surface area contributed by atoms with Crippen molar-refractivity contribution in [3.8, 4) is 0 Å². The molecule has 7 heteroatoms. The fourth-order valence-corrected chi connectivity index (χ4v) is 5.89. The topological polar surface area (TPSA) is 64.4 Å². The van der Waals surface area contributed by atoms with Gasteiger partial charge in [-0.1, -0.05) is 32.9 Å². The summed E-state index contributed by atoms with van der Waals surface area (Å²) >= 11 is 0. The fourth-order valence-electron chi connectivity index (χ4n) is 4.22. The number of aryl methyl sites for hydroxylation is 1. The van der Waals surface area contributed by atoms with E-state index in [-0.39, 0.29) is 5.92 Å². The van der Waals surface area contributed by atoms with E-state index in [4.69, 9.17) is 4.74 Å². The van der Waals surface area contributed by atoms with Crippen LogP contribution in [0.3, 0.4) is 0 Å². The lowest BCUT2D eigenvalue weighted by Gasteiger charge is -2.26. The van der Waals surface area contributed by atoms with Gasteiger partial charge < -0.3 is 4.74 Å². The SMILES string of the molecule is CCc1ccc(N(CC(C)C)S(=O)(=O)c2ccc3nn(CC4CCCOC4)cc3c2)cc1. The molecule has 0 N–H and O–H groups in total. The van der Waals surface area contributed by atoms with Crippen LogP contribution in [0.2, 0.25) is 0 Å². The second-order valence-electron chi connectivity index (χ2n) is 9.10. The average Bonchev–Trinajstić information content (AvgIpc) is 3.19. The van der Waals surface area contributed by atoms with Crippen LogP contribution >= 0.6 is 0 Å². The standard InChI is InChI=1S/C25H33N3O3S/c1-4-20-7-9-23(10-8-20)28(15-19(2)3)32(29,30)24-11-12-25-22(14-24)17-27(26-25)16-21-6-5-13-31-18-21/h7-12,14,17,19,21H,4-6,13,15-16,18H2,1-3H3. The second-order valence-corrected chi connectivity index (χ2v) is 11.0. The molecule has 172 valence electrons. The molecule has 1 aromatic heterocycles. The highest BCUT2D eigenvalue weighted by atomic mass is 32.2. The van der Waals surface area contributed by atoms with Crippen LogP contribution < -0.4 is 4.31 Å². The van der Waals surface area contributed by atoms with Gasteiger partial charge in [0, 0.05) is 37.2 Å². The van der Waals surface area contributed by atoms with Crippen LogP contribution in [0.1, 0.15) is 39.2 Å². The Bertz CT molecular complexity index is 1150. The van der Waals surface area contributed by atoms with Gasteiger partial charge in [0.25, 0.3) is 10.0 Å². The van der Waals surface area contributed by atoms with Gasteiger partial charge in [0.15, 0.2) is 0 Å². The molecule has 1 aliphatic heterocycles. The number of anilines is 1. The number of nitrogens with zero attached hydrogens (tertiary/aromatic N) is 3. The van der Waals surface area contributed by atoms with Crippen LogP contribution in [0.5, 0.6) is 0 Å². The van der Waals surface area contributed by atoms with Gasteiger partial charge in [-0.15, -0.1) is 0 Å². The van der Waals surface area contributed by atoms with Gasteiger partial charge in [-0.25, -0.2) is 8.42 Å². The van der Waals surface area contributed by atoms with Gasteiger partial charge in [0.1, 0.15) is 0 Å². The third-order valence-corrected chi connectivity index (χ3v) is 7.76. The minimum Gasteiger partial charge on any atom is -0.381 e. The van der Waals surface area contributed by atoms with Gasteiger partial charge in [0.2, 0.25) is 0 Å². The third-order valence-electron chi connectivity index (χ3n) is 5.97. The summed E-state index contributed by atoms with van der Waals surface area (Å²) in [4.78, 5) is 0.297. The Morgan fingerprint density at radius 1 is 1.19 bits per heavy atom. The molecular weight excluding hydrogens is 422 g/mol. The van der Waals surface area contributed by atoms with Crippen LogP contribution in [0.4, 0.5) is 5.69 Å². The summed E-state index contributed by atoms with van der Waals surface area (Å²) in [6.07, 6.45) is 5.09. The Morgan fingerprint density at radius 3 is 2.62 bits per heavy atom. The summed E-state index contributed by atoms with van der Waals surface area (Å²) in [5, 5.41) is 5.49. The highest BCUT2D eigenvalue weighted by molar-refractivity contribution is 7.92. The van der Waals surface area contributed by atoms with Crippen molar-refractivity contribution in [2.45, 2.75) is 51.5 Å². The van der Waals surface area contributed by atoms with Crippen molar-refractivity contribution in [1.82, 2.24) is 9.78 Å². The van der Waals surface area contributed by atoms with Gasteiger partial charge in [-0.3, -0.25) is 8.99 Å². The van der Waals surface area contributed by atoms with Crippen molar-refractivity contribution in [3.63, 3.8) is 0 Å². The minimum absolute atomic E-state index is 0.194. The largest absolute Gasteiger partial charge is 0.381 e. The van der Waals surface area contributed by atoms with Gasteiger partial charge in [-0.05, 0) is 61.1 Å². The van der Waals surface area contributed by atoms with Crippen molar-refractivity contribution >= 4 is 26.6 Å². The normalized spacial score (nSPS) is 17.2. The summed E-state index contributed by atoms with van der Waals surface area (Å²) in [5.74, 6) is 0.647. The zero-order valence-electron chi connectivity index (χ0n) is 19.2. The molecule has 0 radical (unpaired) electrons. The van der Waals surface area contributed by atoms with E-state index in [1.807, 2.05) is 55.1 Å². The number of hydrogen-bond acceptors (Lipinski definition) is 4. The molecule has 0 aliphatic carbocycles. The Hall–Kier alpha value is -2.38. The zero-order valence-corrected chi connectivity index (χ0v) is 20.0. The number of aromatic nitrogens is 2. The van der Waals surface area contributed by atoms with E-state index in [1.165, 1.54) is 9.87 Å². The predicted octanol–water partition coefficient (Wildman–Crippen LogP) is 4.88. The predicted molar refractivity (Wildman–Crippen MR) is 128 cm³/mol. The highest BCUT2D eigenvalue weighted by Crippen LogP contribution is 2.28. The molecule has 32 heavy (non-hydrogen) atoms. The molecule has 1 unspecified atom stereocenters. The van der Waals surface area contributed by atoms with Crippen molar-refractivity contribution < 1.29 is 13.2 Å². The molecule has 1 aliphatic rings. The first-order valence-electron chi connectivity index (χ1n) is 11.5. The Balaban J connectivity index is 1.64. The van der Waals surface area contributed by atoms with E-state index in [1.54, 1.807) is 12.1 Å². The summed E-state index contributed by atoms with van der Waals surface area (Å²) in [6.45, 7) is 8.97. The van der Waals surface area contributed by atoms with Gasteiger partial charge >= 0.3 is 0 Å². The number of benzene rings is 2. The number of fused-ring (bicyclic) bond motifs is 1. The molecule has 0 bridgehead atoms. The fraction of sp³-hybridized carbons (Fsp3) is 0.480. The van der Waals surface area contributed by atoms with E-state index in [0.717, 1.165) is 49.9 Å². The van der Waals surface area contributed by atoms with Crippen LogP contribution in [-0.4, -0.2) is 38.0 Å². The molecule has 1 saturated heterocycles. The molecule has 2 heterocycles. The second kappa shape index (κ2) is 9.63. The Kier molecular flexibility index (Phi) is 6.86. The first-order chi connectivity index (χ1) is 15.4. The van der Waals surface area contributed by atoms with Crippen molar-refractivity contribution in [2.75, 3.05) is 24.1 Å². The Labute approximate surface area is 191 Å². The van der Waals surface area contributed by atoms with E-state index in [9.17, 15) is 8.42 Å². The van der Waals surface area contributed by atoms with Gasteiger partial charge in [-0.2, -0.15) is 5.10 Å². The molecule has 3 aromatic rings. The number of rotatable bonds is 8. The van der Waals surface area contributed by atoms with Gasteiger partial charge in [0.05, 0.1) is 22.7 Å². The van der Waals surface area contributed by atoms with Crippen LogP contribution in [0.25, 0.3) is 10.9 Å². The quantitative estimate of drug-likeness (QED) is 0.486. The maximum Gasteiger partial charge on any atom is 0.264 e. The lowest BCUT2D eigenvalue weighted by atomic mass is 10.0. The van der Waals surface area contributed by atoms with Crippen LogP contribution in [0, 0.1) is 11.8 Å². The highest BCUT2D eigenvalue weighted by Gasteiger charge is 2.26. The maximum atomic E-state index is 13.7. The monoisotopic (exact) mass is 455 g/mol. The molecular formula is C25H33N3O3S. The first-order valence-corrected chi connectivity index (χ1v) is 13.0. The molecule has 6 nitrogen and oxygen atoms in total. The molecule has 1 fully saturated rings. The summed E-state index contributed by atoms with van der Waals surface area (Å²) < 4.78 is 36.4. The number of hydrogen-bond donors (Lipinski definition) is 0. The number of sulfonamides is 1. The minimum atomic E-state index is -3.70. The summed E-state index contributed by atoms with van der Waals surface area (Å²) in [7, 11) is -3.70. The van der Waals surface area contributed by atoms with Crippen LogP contribution in [0.15, 0.2) is 53.6 Å². The number of ether oxygens (including phenoxy) is 1. The molecule has 1 atom stereocenters. The smallest absolute Gasteiger partial charge is 0.264 e. The van der Waals surface area contributed by atoms with Crippen molar-refractivity contribution in [2.24, 2.45) is 11.8 Å². The molecule has 0 spiro atoms. The molecule has 0 saturated carbocycles. The molecule has 2 aromatic carbocycles. The molecule has 4 rings (SSSR count). The lowest BCUT2D eigenvalue weighted by molar-refractivity contribution is 0.0471. The third kappa shape index (κ3) is 4.99. The van der Waals surface area contributed by atoms with Crippen molar-refractivity contribution in [1.29, 1.82) is 0 Å². The van der Waals surface area contributed by atoms with Crippen molar-refractivity contribution in [3.05, 3.63) is 54.2 Å². The Morgan fingerprint density at radius 2 is 1.97 bits per heavy atom. The zero-order chi connectivity index (χ0) is 22.7. The maximum absolute atomic E-state index is 13.7. The average molecular weight is 456 g/mol. The van der Waals surface area contributed by atoms with E-state index < -0.39 is 10.0 Å².